The molecular weight excluding hydrogens is 288 g/mol. The molecule has 0 spiro atoms. The summed E-state index contributed by atoms with van der Waals surface area (Å²) in [6.45, 7) is 9.44. The molecule has 0 aliphatic heterocycles. The van der Waals surface area contributed by atoms with E-state index in [1.54, 1.807) is 0 Å². The molecule has 3 N–H and O–H groups in total. The van der Waals surface area contributed by atoms with E-state index in [0.29, 0.717) is 13.0 Å². The Morgan fingerprint density at radius 2 is 1.83 bits per heavy atom. The van der Waals surface area contributed by atoms with Gasteiger partial charge in [0.05, 0.1) is 12.6 Å². The van der Waals surface area contributed by atoms with Crippen LogP contribution >= 0.6 is 0 Å². The molecule has 0 aromatic heterocycles. The first-order valence-corrected chi connectivity index (χ1v) is 8.45. The molecule has 1 rings (SSSR count). The molecule has 1 aromatic rings. The molecule has 0 aliphatic carbocycles. The van der Waals surface area contributed by atoms with Gasteiger partial charge in [0.25, 0.3) is 0 Å². The number of amides is 1. The van der Waals surface area contributed by atoms with E-state index in [2.05, 4.69) is 46.9 Å². The molecular formula is C18H30N4O. The van der Waals surface area contributed by atoms with Crippen LogP contribution in [0.5, 0.6) is 0 Å². The van der Waals surface area contributed by atoms with Crippen molar-refractivity contribution in [3.05, 3.63) is 35.9 Å². The van der Waals surface area contributed by atoms with Crippen LogP contribution in [-0.2, 0) is 4.79 Å². The fraction of sp³-hybridized carbons (Fsp3) is 0.556. The van der Waals surface area contributed by atoms with Crippen LogP contribution in [0.15, 0.2) is 35.3 Å². The second-order valence-corrected chi connectivity index (χ2v) is 5.66. The highest BCUT2D eigenvalue weighted by Crippen LogP contribution is 2.10. The molecule has 128 valence electrons. The first-order chi connectivity index (χ1) is 11.1. The molecule has 0 saturated carbocycles. The number of nitrogens with one attached hydrogen (secondary N) is 3. The average molecular weight is 318 g/mol. The Kier molecular flexibility index (Phi) is 8.80. The number of carbonyl (C=O) groups is 1. The molecule has 0 fully saturated rings. The fourth-order valence-electron chi connectivity index (χ4n) is 2.07. The lowest BCUT2D eigenvalue weighted by Crippen LogP contribution is -2.39. The van der Waals surface area contributed by atoms with Gasteiger partial charge in [-0.2, -0.15) is 0 Å². The fourth-order valence-corrected chi connectivity index (χ4v) is 2.07. The van der Waals surface area contributed by atoms with Crippen LogP contribution in [0.3, 0.4) is 0 Å². The standard InChI is InChI=1S/C18H30N4O/c1-5-14(3)21-17(23)12-13-20-18(19-6-2)22-15(4)16-10-8-7-9-11-16/h7-11,14-15H,5-6,12-13H2,1-4H3,(H,21,23)(H2,19,20,22). The lowest BCUT2D eigenvalue weighted by Gasteiger charge is -2.18. The Labute approximate surface area is 140 Å². The number of aliphatic imine (C=N–C) groups is 1. The van der Waals surface area contributed by atoms with Crippen molar-refractivity contribution in [2.75, 3.05) is 13.1 Å². The molecule has 1 aromatic carbocycles. The summed E-state index contributed by atoms with van der Waals surface area (Å²) in [5, 5.41) is 9.54. The molecule has 0 heterocycles. The predicted octanol–water partition coefficient (Wildman–Crippen LogP) is 2.61. The highest BCUT2D eigenvalue weighted by Gasteiger charge is 2.08. The second kappa shape index (κ2) is 10.6. The lowest BCUT2D eigenvalue weighted by atomic mass is 10.1. The van der Waals surface area contributed by atoms with Crippen molar-refractivity contribution in [3.8, 4) is 0 Å². The van der Waals surface area contributed by atoms with Crippen LogP contribution in [0.2, 0.25) is 0 Å². The number of hydrogen-bond donors (Lipinski definition) is 3. The van der Waals surface area contributed by atoms with Gasteiger partial charge in [0, 0.05) is 19.0 Å². The van der Waals surface area contributed by atoms with E-state index in [9.17, 15) is 4.79 Å². The largest absolute Gasteiger partial charge is 0.357 e. The van der Waals surface area contributed by atoms with Gasteiger partial charge >= 0.3 is 0 Å². The predicted molar refractivity (Wildman–Crippen MR) is 96.5 cm³/mol. The molecule has 23 heavy (non-hydrogen) atoms. The number of carbonyl (C=O) groups excluding carboxylic acids is 1. The summed E-state index contributed by atoms with van der Waals surface area (Å²) in [5.74, 6) is 0.787. The Morgan fingerprint density at radius 3 is 2.43 bits per heavy atom. The maximum atomic E-state index is 11.8. The van der Waals surface area contributed by atoms with Gasteiger partial charge < -0.3 is 16.0 Å². The maximum absolute atomic E-state index is 11.8. The van der Waals surface area contributed by atoms with Gasteiger partial charge in [0.15, 0.2) is 5.96 Å². The molecule has 0 radical (unpaired) electrons. The minimum absolute atomic E-state index is 0.0510. The van der Waals surface area contributed by atoms with Gasteiger partial charge in [-0.15, -0.1) is 0 Å². The van der Waals surface area contributed by atoms with E-state index in [4.69, 9.17) is 0 Å². The summed E-state index contributed by atoms with van der Waals surface area (Å²) in [5.41, 5.74) is 1.20. The zero-order chi connectivity index (χ0) is 17.1. The molecule has 0 bridgehead atoms. The van der Waals surface area contributed by atoms with Gasteiger partial charge in [-0.1, -0.05) is 37.3 Å². The highest BCUT2D eigenvalue weighted by molar-refractivity contribution is 5.81. The van der Waals surface area contributed by atoms with E-state index in [1.165, 1.54) is 5.56 Å². The van der Waals surface area contributed by atoms with Crippen molar-refractivity contribution >= 4 is 11.9 Å². The van der Waals surface area contributed by atoms with Crippen LogP contribution in [0.4, 0.5) is 0 Å². The van der Waals surface area contributed by atoms with Crippen molar-refractivity contribution in [1.29, 1.82) is 0 Å². The quantitative estimate of drug-likeness (QED) is 0.510. The van der Waals surface area contributed by atoms with Crippen molar-refractivity contribution in [3.63, 3.8) is 0 Å². The van der Waals surface area contributed by atoms with Crippen molar-refractivity contribution in [1.82, 2.24) is 16.0 Å². The monoisotopic (exact) mass is 318 g/mol. The molecule has 0 saturated heterocycles. The summed E-state index contributed by atoms with van der Waals surface area (Å²) in [6.07, 6.45) is 1.34. The van der Waals surface area contributed by atoms with E-state index in [1.807, 2.05) is 32.0 Å². The van der Waals surface area contributed by atoms with Gasteiger partial charge in [-0.05, 0) is 32.8 Å². The molecule has 5 heteroatoms. The molecule has 0 aliphatic rings. The zero-order valence-corrected chi connectivity index (χ0v) is 14.7. The number of hydrogen-bond acceptors (Lipinski definition) is 2. The summed E-state index contributed by atoms with van der Waals surface area (Å²) in [6, 6.07) is 10.6. The average Bonchev–Trinajstić information content (AvgIpc) is 2.55. The first kappa shape index (κ1) is 19.0. The normalized spacial score (nSPS) is 14.0. The van der Waals surface area contributed by atoms with Gasteiger partial charge in [0.1, 0.15) is 0 Å². The SMILES string of the molecule is CCNC(=NCCC(=O)NC(C)CC)NC(C)c1ccccc1. The van der Waals surface area contributed by atoms with Crippen LogP contribution in [0.1, 0.15) is 52.1 Å². The summed E-state index contributed by atoms with van der Waals surface area (Å²) in [7, 11) is 0. The third-order valence-corrected chi connectivity index (χ3v) is 3.63. The van der Waals surface area contributed by atoms with Crippen molar-refractivity contribution in [2.24, 2.45) is 4.99 Å². The van der Waals surface area contributed by atoms with E-state index < -0.39 is 0 Å². The Morgan fingerprint density at radius 1 is 1.13 bits per heavy atom. The minimum Gasteiger partial charge on any atom is -0.357 e. The summed E-state index contributed by atoms with van der Waals surface area (Å²) in [4.78, 5) is 16.3. The van der Waals surface area contributed by atoms with E-state index >= 15 is 0 Å². The molecule has 5 nitrogen and oxygen atoms in total. The zero-order valence-electron chi connectivity index (χ0n) is 14.7. The number of benzene rings is 1. The first-order valence-electron chi connectivity index (χ1n) is 8.45. The Bertz CT molecular complexity index is 487. The molecule has 2 unspecified atom stereocenters. The third-order valence-electron chi connectivity index (χ3n) is 3.63. The number of guanidine groups is 1. The molecule has 2 atom stereocenters. The number of rotatable bonds is 8. The Hall–Kier alpha value is -2.04. The van der Waals surface area contributed by atoms with Crippen molar-refractivity contribution < 1.29 is 4.79 Å². The van der Waals surface area contributed by atoms with Gasteiger partial charge in [0.2, 0.25) is 5.91 Å². The van der Waals surface area contributed by atoms with Crippen LogP contribution in [-0.4, -0.2) is 31.0 Å². The van der Waals surface area contributed by atoms with Crippen LogP contribution in [0, 0.1) is 0 Å². The van der Waals surface area contributed by atoms with Crippen molar-refractivity contribution in [2.45, 2.75) is 52.6 Å². The number of nitrogens with zero attached hydrogens (tertiary/aromatic N) is 1. The minimum atomic E-state index is 0.0510. The molecule has 1 amide bonds. The van der Waals surface area contributed by atoms with Crippen LogP contribution < -0.4 is 16.0 Å². The van der Waals surface area contributed by atoms with E-state index in [0.717, 1.165) is 18.9 Å². The van der Waals surface area contributed by atoms with Gasteiger partial charge in [-0.25, -0.2) is 0 Å². The lowest BCUT2D eigenvalue weighted by molar-refractivity contribution is -0.121. The van der Waals surface area contributed by atoms with E-state index in [-0.39, 0.29) is 18.0 Å². The smallest absolute Gasteiger partial charge is 0.222 e. The Balaban J connectivity index is 2.51. The summed E-state index contributed by atoms with van der Waals surface area (Å²) >= 11 is 0. The highest BCUT2D eigenvalue weighted by atomic mass is 16.1. The third kappa shape index (κ3) is 7.68. The van der Waals surface area contributed by atoms with Gasteiger partial charge in [-0.3, -0.25) is 9.79 Å². The second-order valence-electron chi connectivity index (χ2n) is 5.66. The topological polar surface area (TPSA) is 65.5 Å². The van der Waals surface area contributed by atoms with Crippen LogP contribution in [0.25, 0.3) is 0 Å². The summed E-state index contributed by atoms with van der Waals surface area (Å²) < 4.78 is 0. The maximum Gasteiger partial charge on any atom is 0.222 e.